The van der Waals surface area contributed by atoms with Gasteiger partial charge in [-0.05, 0) is 78.2 Å². The van der Waals surface area contributed by atoms with Crippen LogP contribution in [0.4, 0.5) is 13.2 Å². The molecule has 1 saturated heterocycles. The second-order valence-corrected chi connectivity index (χ2v) is 11.8. The fraction of sp³-hybridized carbons (Fsp3) is 0.355. The molecule has 1 amide bonds. The summed E-state index contributed by atoms with van der Waals surface area (Å²) >= 11 is 12.2. The van der Waals surface area contributed by atoms with Gasteiger partial charge in [-0.3, -0.25) is 4.79 Å². The van der Waals surface area contributed by atoms with Gasteiger partial charge in [-0.2, -0.15) is 13.2 Å². The third-order valence-corrected chi connectivity index (χ3v) is 8.12. The van der Waals surface area contributed by atoms with Crippen LogP contribution in [0.25, 0.3) is 0 Å². The first kappa shape index (κ1) is 32.2. The van der Waals surface area contributed by atoms with E-state index in [0.717, 1.165) is 5.56 Å². The van der Waals surface area contributed by atoms with Gasteiger partial charge in [-0.25, -0.2) is 4.79 Å². The molecule has 1 aliphatic rings. The van der Waals surface area contributed by atoms with Crippen molar-refractivity contribution in [3.8, 4) is 0 Å². The lowest BCUT2D eigenvalue weighted by molar-refractivity contribution is -0.186. The summed E-state index contributed by atoms with van der Waals surface area (Å²) in [4.78, 5) is 29.2. The van der Waals surface area contributed by atoms with E-state index in [4.69, 9.17) is 32.7 Å². The van der Waals surface area contributed by atoms with E-state index in [1.807, 2.05) is 19.1 Å². The van der Waals surface area contributed by atoms with E-state index < -0.39 is 41.7 Å². The number of hydrogen-bond acceptors (Lipinski definition) is 5. The molecule has 0 aliphatic carbocycles. The lowest BCUT2D eigenvalue weighted by Crippen LogP contribution is -2.57. The number of morpholine rings is 1. The lowest BCUT2D eigenvalue weighted by atomic mass is 9.88. The van der Waals surface area contributed by atoms with Gasteiger partial charge in [0.05, 0.1) is 12.6 Å². The molecule has 1 fully saturated rings. The molecule has 3 aromatic rings. The highest BCUT2D eigenvalue weighted by Gasteiger charge is 2.48. The van der Waals surface area contributed by atoms with Crippen LogP contribution in [0, 0.1) is 0 Å². The van der Waals surface area contributed by atoms with Crippen molar-refractivity contribution in [2.75, 3.05) is 6.61 Å². The Morgan fingerprint density at radius 1 is 0.952 bits per heavy atom. The number of carbonyl (C=O) groups excluding carboxylic acids is 2. The molecule has 5 nitrogen and oxygen atoms in total. The number of ether oxygens (including phenoxy) is 2. The lowest BCUT2D eigenvalue weighted by Gasteiger charge is -2.47. The first-order valence-corrected chi connectivity index (χ1v) is 15.1. The Balaban J connectivity index is 1.79. The molecule has 1 aliphatic heterocycles. The predicted octanol–water partition coefficient (Wildman–Crippen LogP) is 8.59. The van der Waals surface area contributed by atoms with Crippen LogP contribution in [0.2, 0.25) is 10.0 Å². The summed E-state index contributed by atoms with van der Waals surface area (Å²) < 4.78 is 50.5. The zero-order valence-electron chi connectivity index (χ0n) is 22.9. The van der Waals surface area contributed by atoms with Gasteiger partial charge in [0.25, 0.3) is 5.91 Å². The molecule has 42 heavy (non-hydrogen) atoms. The van der Waals surface area contributed by atoms with E-state index in [1.54, 1.807) is 60.4 Å². The predicted molar refractivity (Wildman–Crippen MR) is 157 cm³/mol. The molecule has 3 aromatic carbocycles. The van der Waals surface area contributed by atoms with Crippen molar-refractivity contribution >= 4 is 46.8 Å². The Morgan fingerprint density at radius 3 is 2.05 bits per heavy atom. The molecule has 11 heteroatoms. The van der Waals surface area contributed by atoms with Crippen LogP contribution in [-0.2, 0) is 25.5 Å². The van der Waals surface area contributed by atoms with Crippen molar-refractivity contribution in [2.45, 2.75) is 67.8 Å². The van der Waals surface area contributed by atoms with Gasteiger partial charge in [0.15, 0.2) is 0 Å². The van der Waals surface area contributed by atoms with Gasteiger partial charge in [-0.1, -0.05) is 72.9 Å². The van der Waals surface area contributed by atoms with E-state index >= 15 is 0 Å². The number of esters is 1. The Morgan fingerprint density at radius 2 is 1.52 bits per heavy atom. The van der Waals surface area contributed by atoms with Crippen LogP contribution in [-0.4, -0.2) is 41.0 Å². The summed E-state index contributed by atoms with van der Waals surface area (Å²) in [6.45, 7) is 3.78. The van der Waals surface area contributed by atoms with E-state index in [-0.39, 0.29) is 29.7 Å². The number of rotatable bonds is 10. The average Bonchev–Trinajstić information content (AvgIpc) is 2.94. The monoisotopic (exact) mass is 639 g/mol. The van der Waals surface area contributed by atoms with Crippen molar-refractivity contribution in [1.82, 2.24) is 4.90 Å². The third kappa shape index (κ3) is 8.01. The summed E-state index contributed by atoms with van der Waals surface area (Å²) in [7, 11) is 0. The molecule has 0 N–H and O–H groups in total. The number of thioether (sulfide) groups is 1. The maximum atomic E-state index is 14.3. The Labute approximate surface area is 257 Å². The summed E-state index contributed by atoms with van der Waals surface area (Å²) in [5.74, 6) is -0.934. The highest BCUT2D eigenvalue weighted by atomic mass is 35.5. The fourth-order valence-corrected chi connectivity index (χ4v) is 5.87. The molecule has 0 spiro atoms. The smallest absolute Gasteiger partial charge is 0.446 e. The maximum absolute atomic E-state index is 14.3. The van der Waals surface area contributed by atoms with Gasteiger partial charge in [0.1, 0.15) is 18.2 Å². The molecule has 0 bridgehead atoms. The highest BCUT2D eigenvalue weighted by molar-refractivity contribution is 8.00. The van der Waals surface area contributed by atoms with Crippen molar-refractivity contribution < 1.29 is 32.2 Å². The van der Waals surface area contributed by atoms with Gasteiger partial charge < -0.3 is 14.4 Å². The van der Waals surface area contributed by atoms with E-state index in [0.29, 0.717) is 34.0 Å². The summed E-state index contributed by atoms with van der Waals surface area (Å²) in [6.07, 6.45) is -0.677. The van der Waals surface area contributed by atoms with E-state index in [9.17, 15) is 22.8 Å². The third-order valence-electron chi connectivity index (χ3n) is 6.87. The normalized spacial score (nSPS) is 19.9. The average molecular weight is 641 g/mol. The number of alkyl halides is 3. The highest BCUT2D eigenvalue weighted by Crippen LogP contribution is 2.45. The molecule has 0 radical (unpaired) electrons. The quantitative estimate of drug-likeness (QED) is 0.164. The molecule has 0 unspecified atom stereocenters. The second kappa shape index (κ2) is 14.2. The number of halogens is 5. The van der Waals surface area contributed by atoms with Gasteiger partial charge >= 0.3 is 11.5 Å². The second-order valence-electron chi connectivity index (χ2n) is 9.79. The molecular weight excluding hydrogens is 610 g/mol. The zero-order valence-corrected chi connectivity index (χ0v) is 25.3. The van der Waals surface area contributed by atoms with E-state index in [2.05, 4.69) is 0 Å². The minimum Gasteiger partial charge on any atom is -0.464 e. The Hall–Kier alpha value is -2.72. The SMILES string of the molecule is CCC[C@H](C(=O)OCC)N1C(=O)[C@H](Cc2ccc(SC(F)(F)F)cc2)O[C@@H](c2ccc(Cl)cc2)[C@H]1c1ccc(Cl)cc1. The topological polar surface area (TPSA) is 55.8 Å². The first-order valence-electron chi connectivity index (χ1n) is 13.5. The first-order chi connectivity index (χ1) is 20.0. The summed E-state index contributed by atoms with van der Waals surface area (Å²) in [5, 5.41) is 1.03. The van der Waals surface area contributed by atoms with Crippen LogP contribution in [0.1, 0.15) is 55.5 Å². The van der Waals surface area contributed by atoms with Crippen LogP contribution < -0.4 is 0 Å². The molecular formula is C31H30Cl2F3NO4S. The molecule has 4 atom stereocenters. The molecule has 0 saturated carbocycles. The molecule has 224 valence electrons. The Kier molecular flexibility index (Phi) is 10.9. The van der Waals surface area contributed by atoms with Gasteiger partial charge in [0.2, 0.25) is 0 Å². The number of carbonyl (C=O) groups is 2. The van der Waals surface area contributed by atoms with Crippen LogP contribution in [0.5, 0.6) is 0 Å². The largest absolute Gasteiger partial charge is 0.464 e. The van der Waals surface area contributed by atoms with Gasteiger partial charge in [-0.15, -0.1) is 0 Å². The van der Waals surface area contributed by atoms with Crippen molar-refractivity contribution in [3.05, 3.63) is 99.5 Å². The van der Waals surface area contributed by atoms with Crippen LogP contribution in [0.15, 0.2) is 77.7 Å². The maximum Gasteiger partial charge on any atom is 0.446 e. The minimum atomic E-state index is -4.41. The minimum absolute atomic E-state index is 0.0379. The standard InChI is InChI=1S/C31H30Cl2F3NO4S/c1-3-5-25(30(39)40-4-2)37-27(20-8-12-22(32)13-9-20)28(21-10-14-23(33)15-11-21)41-26(29(37)38)18-19-6-16-24(17-7-19)42-31(34,35)36/h6-17,25-28H,3-5,18H2,1-2H3/t25-,26+,27-,28+/m1/s1. The van der Waals surface area contributed by atoms with Crippen LogP contribution >= 0.6 is 35.0 Å². The van der Waals surface area contributed by atoms with Crippen LogP contribution in [0.3, 0.4) is 0 Å². The summed E-state index contributed by atoms with van der Waals surface area (Å²) in [6, 6.07) is 18.3. The summed E-state index contributed by atoms with van der Waals surface area (Å²) in [5.41, 5.74) is -2.35. The van der Waals surface area contributed by atoms with Crippen molar-refractivity contribution in [2.24, 2.45) is 0 Å². The number of nitrogens with zero attached hydrogens (tertiary/aromatic N) is 1. The van der Waals surface area contributed by atoms with Crippen molar-refractivity contribution in [3.63, 3.8) is 0 Å². The van der Waals surface area contributed by atoms with Gasteiger partial charge in [0, 0.05) is 21.4 Å². The molecule has 0 aromatic heterocycles. The number of hydrogen-bond donors (Lipinski definition) is 0. The van der Waals surface area contributed by atoms with Crippen molar-refractivity contribution in [1.29, 1.82) is 0 Å². The zero-order chi connectivity index (χ0) is 30.4. The number of amides is 1. The van der Waals surface area contributed by atoms with E-state index in [1.165, 1.54) is 12.1 Å². The Bertz CT molecular complexity index is 1350. The molecule has 1 heterocycles. The fourth-order valence-electron chi connectivity index (χ4n) is 5.07. The number of benzene rings is 3. The molecule has 4 rings (SSSR count).